The molecule has 4 heavy (non-hydrogen) atoms. The second-order valence-corrected chi connectivity index (χ2v) is 0. The van der Waals surface area contributed by atoms with Crippen molar-refractivity contribution in [3.05, 3.63) is 0 Å². The van der Waals surface area contributed by atoms with Crippen molar-refractivity contribution in [3.63, 3.8) is 0 Å². The topological polar surface area (TPSA) is 31.5 Å². The maximum Gasteiger partial charge on any atom is 0 e. The van der Waals surface area contributed by atoms with Crippen LogP contribution in [0.4, 0.5) is 0 Å². The average molecular weight is 371 g/mol. The second-order valence-electron chi connectivity index (χ2n) is 0. The first-order valence-corrected chi connectivity index (χ1v) is 0. The van der Waals surface area contributed by atoms with Crippen LogP contribution in [0.1, 0.15) is 0 Å². The fourth-order valence-electron chi connectivity index (χ4n) is 0. The molecule has 28 valence electrons. The van der Waals surface area contributed by atoms with E-state index in [1.165, 1.54) is 0 Å². The Balaban J connectivity index is 0. The molecule has 0 radical (unpaired) electrons. The summed E-state index contributed by atoms with van der Waals surface area (Å²) in [6, 6.07) is 0. The SMILES string of the molecule is O.[Nd].[Ni].[Sm]. The van der Waals surface area contributed by atoms with E-state index in [-0.39, 0.29) is 103 Å². The van der Waals surface area contributed by atoms with Gasteiger partial charge in [-0.3, -0.25) is 0 Å². The molecule has 1 nitrogen and oxygen atoms in total. The fraction of sp³-hybridized carbons (Fsp3) is 0. The largest absolute Gasteiger partial charge is 0.412 e. The third-order valence-electron chi connectivity index (χ3n) is 0. The van der Waals surface area contributed by atoms with Crippen molar-refractivity contribution in [2.75, 3.05) is 0 Å². The van der Waals surface area contributed by atoms with Crippen molar-refractivity contribution >= 4 is 0 Å². The third-order valence-corrected chi connectivity index (χ3v) is 0. The van der Waals surface area contributed by atoms with E-state index in [0.29, 0.717) is 0 Å². The van der Waals surface area contributed by atoms with Crippen molar-refractivity contribution in [1.82, 2.24) is 0 Å². The first-order chi connectivity index (χ1) is 0. The van der Waals surface area contributed by atoms with Crippen LogP contribution in [-0.4, -0.2) is 5.48 Å². The van der Waals surface area contributed by atoms with E-state index in [9.17, 15) is 0 Å². The molecule has 0 rings (SSSR count). The van der Waals surface area contributed by atoms with Gasteiger partial charge in [-0.1, -0.05) is 0 Å². The van der Waals surface area contributed by atoms with Gasteiger partial charge in [-0.05, 0) is 0 Å². The molecule has 0 fully saturated rings. The number of rotatable bonds is 0. The van der Waals surface area contributed by atoms with Gasteiger partial charge in [-0.25, -0.2) is 0 Å². The molecule has 0 aromatic heterocycles. The van der Waals surface area contributed by atoms with Crippen LogP contribution in [-0.2, 0) is 16.5 Å². The van der Waals surface area contributed by atoms with Gasteiger partial charge in [0.15, 0.2) is 0 Å². The molecule has 0 heterocycles. The normalized spacial score (nSPS) is 0. The molecule has 0 aliphatic carbocycles. The Kier molecular flexibility index (Phi) is 112. The summed E-state index contributed by atoms with van der Waals surface area (Å²) in [5.41, 5.74) is 0. The minimum Gasteiger partial charge on any atom is -0.412 e. The zero-order valence-corrected chi connectivity index (χ0v) is 8.54. The molecule has 2 N–H and O–H groups in total. The van der Waals surface area contributed by atoms with Gasteiger partial charge in [-0.2, -0.15) is 0 Å². The Labute approximate surface area is 101 Å². The van der Waals surface area contributed by atoms with Gasteiger partial charge in [0, 0.05) is 97.7 Å². The third kappa shape index (κ3) is 8.94. The molecule has 0 saturated carbocycles. The molecule has 0 spiro atoms. The van der Waals surface area contributed by atoms with Crippen LogP contribution in [0.5, 0.6) is 0 Å². The van der Waals surface area contributed by atoms with Crippen LogP contribution < -0.4 is 0 Å². The Morgan fingerprint density at radius 2 is 1.00 bits per heavy atom. The fourth-order valence-corrected chi connectivity index (χ4v) is 0. The molecular weight excluding hydrogens is 369 g/mol. The first-order valence-electron chi connectivity index (χ1n) is 0. The number of hydrogen-bond acceptors (Lipinski definition) is 0. The maximum atomic E-state index is 0. The summed E-state index contributed by atoms with van der Waals surface area (Å²) < 4.78 is 0. The van der Waals surface area contributed by atoms with Gasteiger partial charge in [0.1, 0.15) is 0 Å². The maximum absolute atomic E-state index is 0. The monoisotopic (exact) mass is 370 g/mol. The predicted molar refractivity (Wildman–Crippen MR) is 3.61 cm³/mol. The predicted octanol–water partition coefficient (Wildman–Crippen LogP) is -0.827. The van der Waals surface area contributed by atoms with Crippen molar-refractivity contribution in [1.29, 1.82) is 0 Å². The summed E-state index contributed by atoms with van der Waals surface area (Å²) >= 11 is 0. The van der Waals surface area contributed by atoms with E-state index in [0.717, 1.165) is 0 Å². The van der Waals surface area contributed by atoms with E-state index in [4.69, 9.17) is 0 Å². The van der Waals surface area contributed by atoms with Gasteiger partial charge in [-0.15, -0.1) is 0 Å². The second kappa shape index (κ2) is 16.5. The van der Waals surface area contributed by atoms with E-state index in [2.05, 4.69) is 0 Å². The first kappa shape index (κ1) is 27.3. The van der Waals surface area contributed by atoms with Crippen molar-refractivity contribution < 1.29 is 103 Å². The molecule has 0 bridgehead atoms. The smallest absolute Gasteiger partial charge is 0 e. The van der Waals surface area contributed by atoms with Crippen LogP contribution in [0.25, 0.3) is 0 Å². The number of hydrogen-bond donors (Lipinski definition) is 0. The Morgan fingerprint density at radius 1 is 1.00 bits per heavy atom. The molecule has 0 aliphatic rings. The Morgan fingerprint density at radius 3 is 1.00 bits per heavy atom. The molecular formula is H2NdNiOSm. The standard InChI is InChI=1S/Nd.Ni.H2O.Sm/h;;1H2;. The van der Waals surface area contributed by atoms with Gasteiger partial charge < -0.3 is 5.48 Å². The molecule has 0 aromatic rings. The average Bonchev–Trinajstić information content (AvgIpc) is 0. The summed E-state index contributed by atoms with van der Waals surface area (Å²) in [4.78, 5) is 0. The van der Waals surface area contributed by atoms with Crippen molar-refractivity contribution in [2.24, 2.45) is 0 Å². The molecule has 0 aromatic carbocycles. The summed E-state index contributed by atoms with van der Waals surface area (Å²) in [7, 11) is 0. The van der Waals surface area contributed by atoms with Crippen LogP contribution >= 0.6 is 0 Å². The van der Waals surface area contributed by atoms with Gasteiger partial charge >= 0.3 is 0 Å². The summed E-state index contributed by atoms with van der Waals surface area (Å²) in [5.74, 6) is 0. The molecule has 0 aliphatic heterocycles. The van der Waals surface area contributed by atoms with Crippen LogP contribution in [0.2, 0.25) is 0 Å². The van der Waals surface area contributed by atoms with E-state index in [1.807, 2.05) is 0 Å². The van der Waals surface area contributed by atoms with Crippen LogP contribution in [0.3, 0.4) is 0 Å². The molecule has 0 amide bonds. The summed E-state index contributed by atoms with van der Waals surface area (Å²) in [5, 5.41) is 0. The van der Waals surface area contributed by atoms with Gasteiger partial charge in [0.2, 0.25) is 0 Å². The quantitative estimate of drug-likeness (QED) is 0.498. The van der Waals surface area contributed by atoms with Crippen LogP contribution in [0, 0.1) is 81.2 Å². The summed E-state index contributed by atoms with van der Waals surface area (Å²) in [6.45, 7) is 0. The minimum absolute atomic E-state index is 0. The molecule has 0 unspecified atom stereocenters. The van der Waals surface area contributed by atoms with E-state index < -0.39 is 0 Å². The van der Waals surface area contributed by atoms with Crippen molar-refractivity contribution in [2.45, 2.75) is 0 Å². The van der Waals surface area contributed by atoms with Gasteiger partial charge in [0.25, 0.3) is 0 Å². The van der Waals surface area contributed by atoms with Crippen LogP contribution in [0.15, 0.2) is 0 Å². The Bertz CT molecular complexity index is 8.00. The van der Waals surface area contributed by atoms with Gasteiger partial charge in [0.05, 0.1) is 0 Å². The van der Waals surface area contributed by atoms with E-state index in [1.54, 1.807) is 0 Å². The molecule has 0 atom stereocenters. The summed E-state index contributed by atoms with van der Waals surface area (Å²) in [6.07, 6.45) is 0. The zero-order chi connectivity index (χ0) is 0. The van der Waals surface area contributed by atoms with Crippen molar-refractivity contribution in [3.8, 4) is 0 Å². The minimum atomic E-state index is 0. The van der Waals surface area contributed by atoms with E-state index >= 15 is 0 Å². The molecule has 4 heteroatoms. The Hall–Kier alpha value is 3.14. The molecule has 0 saturated heterocycles. The zero-order valence-electron chi connectivity index (χ0n) is 1.72.